The van der Waals surface area contributed by atoms with E-state index in [1.54, 1.807) is 14.2 Å². The van der Waals surface area contributed by atoms with Crippen molar-refractivity contribution < 1.29 is 9.47 Å². The normalized spacial score (nSPS) is 14.7. The Hall–Kier alpha value is -2.89. The number of methoxy groups -OCH3 is 2. The average Bonchev–Trinajstić information content (AvgIpc) is 3.09. The van der Waals surface area contributed by atoms with E-state index in [4.69, 9.17) is 19.4 Å². The molecule has 1 aliphatic heterocycles. The number of ether oxygens (including phenoxy) is 2. The Morgan fingerprint density at radius 1 is 1.10 bits per heavy atom. The fraction of sp³-hybridized carbons (Fsp3) is 0.409. The van der Waals surface area contributed by atoms with Crippen LogP contribution in [0.4, 0.5) is 5.82 Å². The van der Waals surface area contributed by atoms with E-state index in [1.165, 1.54) is 11.3 Å². The first-order chi connectivity index (χ1) is 14.5. The Balaban J connectivity index is 1.76. The molecule has 1 aliphatic rings. The van der Waals surface area contributed by atoms with Gasteiger partial charge in [0.15, 0.2) is 11.5 Å². The maximum absolute atomic E-state index is 9.53. The predicted octanol–water partition coefficient (Wildman–Crippen LogP) is 3.23. The molecule has 1 saturated heterocycles. The number of nitrogens with zero attached hydrogens (tertiary/aromatic N) is 5. The minimum atomic E-state index is 0.579. The van der Waals surface area contributed by atoms with Gasteiger partial charge in [-0.3, -0.25) is 0 Å². The quantitative estimate of drug-likeness (QED) is 0.624. The molecule has 30 heavy (non-hydrogen) atoms. The highest BCUT2D eigenvalue weighted by atomic mass is 32.1. The zero-order valence-electron chi connectivity index (χ0n) is 17.7. The highest BCUT2D eigenvalue weighted by Gasteiger charge is 2.23. The summed E-state index contributed by atoms with van der Waals surface area (Å²) in [6.45, 7) is 5.80. The van der Waals surface area contributed by atoms with Crippen molar-refractivity contribution in [1.29, 1.82) is 5.26 Å². The zero-order valence-corrected chi connectivity index (χ0v) is 18.5. The lowest BCUT2D eigenvalue weighted by Crippen LogP contribution is -2.45. The first-order valence-corrected chi connectivity index (χ1v) is 10.7. The van der Waals surface area contributed by atoms with Gasteiger partial charge in [0.25, 0.3) is 0 Å². The van der Waals surface area contributed by atoms with Crippen LogP contribution < -0.4 is 14.4 Å². The van der Waals surface area contributed by atoms with Crippen LogP contribution in [0.15, 0.2) is 18.2 Å². The number of benzene rings is 1. The Morgan fingerprint density at radius 3 is 2.50 bits per heavy atom. The van der Waals surface area contributed by atoms with E-state index in [9.17, 15) is 5.26 Å². The molecule has 0 saturated carbocycles. The van der Waals surface area contributed by atoms with Crippen LogP contribution in [0.1, 0.15) is 21.8 Å². The van der Waals surface area contributed by atoms with E-state index >= 15 is 0 Å². The Kier molecular flexibility index (Phi) is 5.75. The fourth-order valence-electron chi connectivity index (χ4n) is 3.77. The third-order valence-corrected chi connectivity index (χ3v) is 6.62. The number of rotatable bonds is 5. The van der Waals surface area contributed by atoms with Crippen LogP contribution in [0.25, 0.3) is 10.2 Å². The maximum Gasteiger partial charge on any atom is 0.161 e. The van der Waals surface area contributed by atoms with Crippen LogP contribution in [-0.2, 0) is 6.42 Å². The van der Waals surface area contributed by atoms with Crippen molar-refractivity contribution in [2.45, 2.75) is 13.3 Å². The van der Waals surface area contributed by atoms with Gasteiger partial charge in [0.05, 0.1) is 19.6 Å². The lowest BCUT2D eigenvalue weighted by atomic mass is 10.1. The SMILES string of the molecule is COc1ccc(Cc2nc(N3CCN(C)CC3)c3c(C)c(C#N)sc3n2)cc1OC. The summed E-state index contributed by atoms with van der Waals surface area (Å²) in [6.07, 6.45) is 0.579. The number of piperazine rings is 1. The van der Waals surface area contributed by atoms with Crippen LogP contribution in [0.3, 0.4) is 0 Å². The number of aromatic nitrogens is 2. The third kappa shape index (κ3) is 3.78. The highest BCUT2D eigenvalue weighted by molar-refractivity contribution is 7.19. The molecule has 0 unspecified atom stereocenters. The molecule has 0 amide bonds. The monoisotopic (exact) mass is 423 g/mol. The summed E-state index contributed by atoms with van der Waals surface area (Å²) in [7, 11) is 5.40. The average molecular weight is 424 g/mol. The first-order valence-electron chi connectivity index (χ1n) is 9.88. The molecule has 2 aromatic heterocycles. The Morgan fingerprint density at radius 2 is 1.83 bits per heavy atom. The van der Waals surface area contributed by atoms with Gasteiger partial charge < -0.3 is 19.3 Å². The van der Waals surface area contributed by atoms with E-state index in [2.05, 4.69) is 22.9 Å². The minimum absolute atomic E-state index is 0.579. The van der Waals surface area contributed by atoms with Crippen molar-refractivity contribution in [3.05, 3.63) is 40.0 Å². The first kappa shape index (κ1) is 20.4. The van der Waals surface area contributed by atoms with Gasteiger partial charge in [-0.05, 0) is 37.2 Å². The number of thiophene rings is 1. The van der Waals surface area contributed by atoms with Crippen LogP contribution in [-0.4, -0.2) is 62.3 Å². The lowest BCUT2D eigenvalue weighted by Gasteiger charge is -2.33. The minimum Gasteiger partial charge on any atom is -0.493 e. The van der Waals surface area contributed by atoms with Crippen molar-refractivity contribution in [2.75, 3.05) is 52.3 Å². The number of hydrogen-bond acceptors (Lipinski definition) is 8. The number of anilines is 1. The van der Waals surface area contributed by atoms with Crippen molar-refractivity contribution in [2.24, 2.45) is 0 Å². The molecule has 4 rings (SSSR count). The second-order valence-electron chi connectivity index (χ2n) is 7.47. The molecular formula is C22H25N5O2S. The molecule has 1 aromatic carbocycles. The molecule has 0 radical (unpaired) electrons. The summed E-state index contributed by atoms with van der Waals surface area (Å²) < 4.78 is 10.8. The van der Waals surface area contributed by atoms with Gasteiger partial charge in [0, 0.05) is 32.6 Å². The van der Waals surface area contributed by atoms with Crippen molar-refractivity contribution >= 4 is 27.4 Å². The number of likely N-dealkylation sites (N-methyl/N-ethyl adjacent to an activating group) is 1. The van der Waals surface area contributed by atoms with E-state index in [0.717, 1.165) is 59.2 Å². The highest BCUT2D eigenvalue weighted by Crippen LogP contribution is 2.36. The van der Waals surface area contributed by atoms with Gasteiger partial charge in [-0.1, -0.05) is 6.07 Å². The molecule has 3 heterocycles. The number of hydrogen-bond donors (Lipinski definition) is 0. The van der Waals surface area contributed by atoms with Gasteiger partial charge in [0.2, 0.25) is 0 Å². The number of aryl methyl sites for hydroxylation is 1. The van der Waals surface area contributed by atoms with Gasteiger partial charge in [-0.25, -0.2) is 9.97 Å². The smallest absolute Gasteiger partial charge is 0.161 e. The van der Waals surface area contributed by atoms with E-state index < -0.39 is 0 Å². The second-order valence-corrected chi connectivity index (χ2v) is 8.47. The lowest BCUT2D eigenvalue weighted by molar-refractivity contribution is 0.312. The summed E-state index contributed by atoms with van der Waals surface area (Å²) in [5, 5.41) is 10.5. The van der Waals surface area contributed by atoms with Gasteiger partial charge in [-0.2, -0.15) is 5.26 Å². The van der Waals surface area contributed by atoms with Crippen LogP contribution in [0.5, 0.6) is 11.5 Å². The second kappa shape index (κ2) is 8.46. The maximum atomic E-state index is 9.53. The molecule has 1 fully saturated rings. The van der Waals surface area contributed by atoms with Gasteiger partial charge >= 0.3 is 0 Å². The molecule has 156 valence electrons. The van der Waals surface area contributed by atoms with Crippen molar-refractivity contribution in [1.82, 2.24) is 14.9 Å². The zero-order chi connectivity index (χ0) is 21.3. The standard InChI is InChI=1S/C22H25N5O2S/c1-14-18(13-23)30-22-20(14)21(27-9-7-26(2)8-10-27)24-19(25-22)12-15-5-6-16(28-3)17(11-15)29-4/h5-6,11H,7-10,12H2,1-4H3. The largest absolute Gasteiger partial charge is 0.493 e. The molecule has 0 atom stereocenters. The van der Waals surface area contributed by atoms with Crippen LogP contribution in [0.2, 0.25) is 0 Å². The number of nitriles is 1. The van der Waals surface area contributed by atoms with Crippen LogP contribution in [0, 0.1) is 18.3 Å². The molecule has 3 aromatic rings. The van der Waals surface area contributed by atoms with E-state index in [1.807, 2.05) is 25.1 Å². The summed E-state index contributed by atoms with van der Waals surface area (Å²) >= 11 is 1.45. The van der Waals surface area contributed by atoms with Gasteiger partial charge in [-0.15, -0.1) is 11.3 Å². The van der Waals surface area contributed by atoms with E-state index in [-0.39, 0.29) is 0 Å². The molecule has 0 spiro atoms. The van der Waals surface area contributed by atoms with E-state index in [0.29, 0.717) is 22.8 Å². The molecule has 7 nitrogen and oxygen atoms in total. The summed E-state index contributed by atoms with van der Waals surface area (Å²) in [6, 6.07) is 8.18. The van der Waals surface area contributed by atoms with Crippen molar-refractivity contribution in [3.8, 4) is 17.6 Å². The Bertz CT molecular complexity index is 1110. The fourth-order valence-corrected chi connectivity index (χ4v) is 4.76. The topological polar surface area (TPSA) is 74.5 Å². The Labute approximate surface area is 180 Å². The summed E-state index contributed by atoms with van der Waals surface area (Å²) in [4.78, 5) is 16.0. The third-order valence-electron chi connectivity index (χ3n) is 5.53. The summed E-state index contributed by atoms with van der Waals surface area (Å²) in [5.74, 6) is 3.07. The molecule has 0 aliphatic carbocycles. The molecule has 8 heteroatoms. The van der Waals surface area contributed by atoms with Crippen LogP contribution >= 0.6 is 11.3 Å². The van der Waals surface area contributed by atoms with Gasteiger partial charge in [0.1, 0.15) is 27.4 Å². The predicted molar refractivity (Wildman–Crippen MR) is 119 cm³/mol. The summed E-state index contributed by atoms with van der Waals surface area (Å²) in [5.41, 5.74) is 2.02. The molecule has 0 bridgehead atoms. The molecule has 0 N–H and O–H groups in total. The van der Waals surface area contributed by atoms with Crippen molar-refractivity contribution in [3.63, 3.8) is 0 Å². The molecular weight excluding hydrogens is 398 g/mol. The number of fused-ring (bicyclic) bond motifs is 1.